The molecule has 5 nitrogen and oxygen atoms in total. The van der Waals surface area contributed by atoms with Gasteiger partial charge in [0.15, 0.2) is 0 Å². The monoisotopic (exact) mass is 286 g/mol. The molecular weight excluding hydrogens is 256 g/mol. The zero-order valence-corrected chi connectivity index (χ0v) is 12.9. The van der Waals surface area contributed by atoms with Crippen LogP contribution < -0.4 is 11.1 Å². The Kier molecular flexibility index (Phi) is 7.48. The topological polar surface area (TPSA) is 84.6 Å². The molecule has 1 unspecified atom stereocenters. The standard InChI is InChI=1S/C15H30N2O3/c1-3-12-6-8-15(19,9-7-12)11-17-14(18)13(16)5-4-10-20-2/h12-13,19H,3-11,16H2,1-2H3,(H,17,18). The number of carbonyl (C=O) groups excluding carboxylic acids is 1. The van der Waals surface area contributed by atoms with E-state index in [0.29, 0.717) is 19.6 Å². The fraction of sp³-hybridized carbons (Fsp3) is 0.933. The summed E-state index contributed by atoms with van der Waals surface area (Å²) in [6.45, 7) is 3.12. The first-order chi connectivity index (χ1) is 9.50. The van der Waals surface area contributed by atoms with Crippen LogP contribution in [-0.4, -0.2) is 42.9 Å². The summed E-state index contributed by atoms with van der Waals surface area (Å²) in [6.07, 6.45) is 6.18. The second-order valence-corrected chi connectivity index (χ2v) is 6.04. The zero-order chi connectivity index (χ0) is 15.0. The summed E-state index contributed by atoms with van der Waals surface area (Å²) in [6, 6.07) is -0.513. The highest BCUT2D eigenvalue weighted by Gasteiger charge is 2.33. The van der Waals surface area contributed by atoms with Crippen LogP contribution in [0.25, 0.3) is 0 Å². The Morgan fingerprint density at radius 2 is 2.15 bits per heavy atom. The highest BCUT2D eigenvalue weighted by atomic mass is 16.5. The molecule has 0 radical (unpaired) electrons. The molecule has 0 bridgehead atoms. The lowest BCUT2D eigenvalue weighted by molar-refractivity contribution is -0.124. The van der Waals surface area contributed by atoms with Crippen molar-refractivity contribution in [2.75, 3.05) is 20.3 Å². The van der Waals surface area contributed by atoms with Crippen LogP contribution in [0.15, 0.2) is 0 Å². The predicted octanol–water partition coefficient (Wildman–Crippen LogP) is 1.19. The van der Waals surface area contributed by atoms with Crippen LogP contribution in [0.1, 0.15) is 51.9 Å². The van der Waals surface area contributed by atoms with E-state index >= 15 is 0 Å². The van der Waals surface area contributed by atoms with Crippen molar-refractivity contribution in [1.82, 2.24) is 5.32 Å². The van der Waals surface area contributed by atoms with Gasteiger partial charge >= 0.3 is 0 Å². The summed E-state index contributed by atoms with van der Waals surface area (Å²) in [7, 11) is 1.63. The minimum absolute atomic E-state index is 0.174. The van der Waals surface area contributed by atoms with Crippen molar-refractivity contribution in [1.29, 1.82) is 0 Å². The Bertz CT molecular complexity index is 289. The average molecular weight is 286 g/mol. The third-order valence-electron chi connectivity index (χ3n) is 4.41. The lowest BCUT2D eigenvalue weighted by atomic mass is 9.78. The summed E-state index contributed by atoms with van der Waals surface area (Å²) in [5, 5.41) is 13.3. The number of methoxy groups -OCH3 is 1. The number of carbonyl (C=O) groups is 1. The second kappa shape index (κ2) is 8.60. The van der Waals surface area contributed by atoms with E-state index in [1.54, 1.807) is 7.11 Å². The van der Waals surface area contributed by atoms with Crippen LogP contribution in [0.3, 0.4) is 0 Å². The number of aliphatic hydroxyl groups is 1. The van der Waals surface area contributed by atoms with E-state index in [1.807, 2.05) is 0 Å². The molecule has 0 aromatic heterocycles. The molecule has 0 saturated heterocycles. The molecule has 0 aromatic carbocycles. The molecule has 1 atom stereocenters. The van der Waals surface area contributed by atoms with Gasteiger partial charge in [-0.25, -0.2) is 0 Å². The van der Waals surface area contributed by atoms with Crippen LogP contribution in [0, 0.1) is 5.92 Å². The lowest BCUT2D eigenvalue weighted by Gasteiger charge is -2.36. The van der Waals surface area contributed by atoms with E-state index in [0.717, 1.165) is 38.0 Å². The summed E-state index contributed by atoms with van der Waals surface area (Å²) in [4.78, 5) is 11.9. The third kappa shape index (κ3) is 5.77. The Hall–Kier alpha value is -0.650. The molecule has 20 heavy (non-hydrogen) atoms. The Morgan fingerprint density at radius 1 is 1.50 bits per heavy atom. The molecule has 0 aliphatic heterocycles. The Morgan fingerprint density at radius 3 is 2.70 bits per heavy atom. The third-order valence-corrected chi connectivity index (χ3v) is 4.41. The van der Waals surface area contributed by atoms with Crippen LogP contribution in [-0.2, 0) is 9.53 Å². The van der Waals surface area contributed by atoms with Gasteiger partial charge in [-0.1, -0.05) is 13.3 Å². The SMILES string of the molecule is CCC1CCC(O)(CNC(=O)C(N)CCCOC)CC1. The van der Waals surface area contributed by atoms with Crippen molar-refractivity contribution < 1.29 is 14.6 Å². The van der Waals surface area contributed by atoms with Gasteiger partial charge in [0.05, 0.1) is 11.6 Å². The number of ether oxygens (including phenoxy) is 1. The van der Waals surface area contributed by atoms with Crippen molar-refractivity contribution in [3.63, 3.8) is 0 Å². The maximum atomic E-state index is 11.9. The van der Waals surface area contributed by atoms with Crippen LogP contribution in [0.5, 0.6) is 0 Å². The zero-order valence-electron chi connectivity index (χ0n) is 12.9. The molecule has 1 amide bonds. The summed E-state index contributed by atoms with van der Waals surface area (Å²) < 4.78 is 4.94. The van der Waals surface area contributed by atoms with Crippen LogP contribution in [0.2, 0.25) is 0 Å². The first-order valence-corrected chi connectivity index (χ1v) is 7.75. The number of nitrogens with one attached hydrogen (secondary N) is 1. The van der Waals surface area contributed by atoms with E-state index in [1.165, 1.54) is 6.42 Å². The molecular formula is C15H30N2O3. The first kappa shape index (κ1) is 17.4. The second-order valence-electron chi connectivity index (χ2n) is 6.04. The molecule has 1 saturated carbocycles. The van der Waals surface area contributed by atoms with E-state index in [9.17, 15) is 9.90 Å². The highest BCUT2D eigenvalue weighted by molar-refractivity contribution is 5.81. The van der Waals surface area contributed by atoms with E-state index in [4.69, 9.17) is 10.5 Å². The van der Waals surface area contributed by atoms with Gasteiger partial charge in [0, 0.05) is 20.3 Å². The maximum Gasteiger partial charge on any atom is 0.237 e. The molecule has 0 spiro atoms. The normalized spacial score (nSPS) is 28.1. The van der Waals surface area contributed by atoms with Gasteiger partial charge < -0.3 is 20.9 Å². The summed E-state index contributed by atoms with van der Waals surface area (Å²) >= 11 is 0. The average Bonchev–Trinajstić information content (AvgIpc) is 2.46. The first-order valence-electron chi connectivity index (χ1n) is 7.75. The Balaban J connectivity index is 2.26. The van der Waals surface area contributed by atoms with Gasteiger partial charge in [-0.15, -0.1) is 0 Å². The Labute approximate surface area is 122 Å². The van der Waals surface area contributed by atoms with Crippen molar-refractivity contribution in [3.05, 3.63) is 0 Å². The largest absolute Gasteiger partial charge is 0.388 e. The number of amides is 1. The van der Waals surface area contributed by atoms with Gasteiger partial charge in [-0.3, -0.25) is 4.79 Å². The van der Waals surface area contributed by atoms with Gasteiger partial charge in [0.1, 0.15) is 0 Å². The smallest absolute Gasteiger partial charge is 0.237 e. The molecule has 1 aliphatic rings. The molecule has 0 heterocycles. The molecule has 4 N–H and O–H groups in total. The van der Waals surface area contributed by atoms with Gasteiger partial charge in [0.25, 0.3) is 0 Å². The fourth-order valence-electron chi connectivity index (χ4n) is 2.76. The molecule has 1 rings (SSSR count). The number of rotatable bonds is 8. The van der Waals surface area contributed by atoms with Gasteiger partial charge in [0.2, 0.25) is 5.91 Å². The maximum absolute atomic E-state index is 11.9. The molecule has 5 heteroatoms. The summed E-state index contributed by atoms with van der Waals surface area (Å²) in [5.41, 5.74) is 5.07. The number of hydrogen-bond donors (Lipinski definition) is 3. The van der Waals surface area contributed by atoms with E-state index in [2.05, 4.69) is 12.2 Å². The molecule has 118 valence electrons. The van der Waals surface area contributed by atoms with E-state index < -0.39 is 11.6 Å². The minimum Gasteiger partial charge on any atom is -0.388 e. The molecule has 1 aliphatic carbocycles. The van der Waals surface area contributed by atoms with Crippen LogP contribution >= 0.6 is 0 Å². The van der Waals surface area contributed by atoms with Crippen molar-refractivity contribution in [3.8, 4) is 0 Å². The highest BCUT2D eigenvalue weighted by Crippen LogP contribution is 2.33. The molecule has 0 aromatic rings. The van der Waals surface area contributed by atoms with Crippen molar-refractivity contribution >= 4 is 5.91 Å². The number of hydrogen-bond acceptors (Lipinski definition) is 4. The van der Waals surface area contributed by atoms with E-state index in [-0.39, 0.29) is 5.91 Å². The van der Waals surface area contributed by atoms with Crippen LogP contribution in [0.4, 0.5) is 0 Å². The predicted molar refractivity (Wildman–Crippen MR) is 79.3 cm³/mol. The van der Waals surface area contributed by atoms with Gasteiger partial charge in [-0.2, -0.15) is 0 Å². The summed E-state index contributed by atoms with van der Waals surface area (Å²) in [5.74, 6) is 0.550. The van der Waals surface area contributed by atoms with Crippen molar-refractivity contribution in [2.45, 2.75) is 63.5 Å². The fourth-order valence-corrected chi connectivity index (χ4v) is 2.76. The number of nitrogens with two attached hydrogens (primary N) is 1. The quantitative estimate of drug-likeness (QED) is 0.585. The minimum atomic E-state index is -0.742. The molecule has 1 fully saturated rings. The lowest BCUT2D eigenvalue weighted by Crippen LogP contribution is -2.49. The van der Waals surface area contributed by atoms with Crippen molar-refractivity contribution in [2.24, 2.45) is 11.7 Å². The van der Waals surface area contributed by atoms with Gasteiger partial charge in [-0.05, 0) is 44.4 Å².